The number of hydrogen-bond donors (Lipinski definition) is 2. The van der Waals surface area contributed by atoms with Crippen LogP contribution in [0.15, 0.2) is 54.6 Å². The van der Waals surface area contributed by atoms with Gasteiger partial charge in [0.2, 0.25) is 0 Å². The molecule has 3 atom stereocenters. The minimum atomic E-state index is 0.0683. The van der Waals surface area contributed by atoms with Gasteiger partial charge in [0, 0.05) is 0 Å². The first-order chi connectivity index (χ1) is 12.8. The van der Waals surface area contributed by atoms with E-state index in [9.17, 15) is 10.2 Å². The third kappa shape index (κ3) is 3.90. The summed E-state index contributed by atoms with van der Waals surface area (Å²) >= 11 is 0. The Bertz CT molecular complexity index is 786. The number of rotatable bonds is 5. The summed E-state index contributed by atoms with van der Waals surface area (Å²) < 4.78 is 0. The predicted molar refractivity (Wildman–Crippen MR) is 113 cm³/mol. The van der Waals surface area contributed by atoms with Crippen molar-refractivity contribution >= 4 is 5.57 Å². The van der Waals surface area contributed by atoms with Crippen molar-refractivity contribution in [3.63, 3.8) is 0 Å². The second-order valence-corrected chi connectivity index (χ2v) is 8.61. The lowest BCUT2D eigenvalue weighted by molar-refractivity contribution is 0.149. The van der Waals surface area contributed by atoms with Gasteiger partial charge in [-0.2, -0.15) is 0 Å². The van der Waals surface area contributed by atoms with E-state index in [0.717, 1.165) is 19.3 Å². The highest BCUT2D eigenvalue weighted by Crippen LogP contribution is 2.48. The van der Waals surface area contributed by atoms with Crippen LogP contribution in [0.1, 0.15) is 58.1 Å². The molecule has 0 radical (unpaired) electrons. The molecule has 0 bridgehead atoms. The van der Waals surface area contributed by atoms with Gasteiger partial charge in [-0.15, -0.1) is 0 Å². The Morgan fingerprint density at radius 2 is 1.44 bits per heavy atom. The first-order valence-electron chi connectivity index (χ1n) is 10.1. The highest BCUT2D eigenvalue weighted by Gasteiger charge is 2.42. The molecule has 0 heterocycles. The lowest BCUT2D eigenvalue weighted by atomic mass is 9.58. The highest BCUT2D eigenvalue weighted by molar-refractivity contribution is 5.66. The standard InChI is InChI=1S/C25H32O2/c1-17(2)18(3)25(4,22-11-15-24(27)16-12-22)21-9-5-19(6-10-21)20-7-13-23(26)14-8-20/h5,7-8,11-18,21,26-27H,6,9-10H2,1-4H3. The molecule has 0 saturated carbocycles. The molecular formula is C25H32O2. The number of allylic oxidation sites excluding steroid dienone is 2. The van der Waals surface area contributed by atoms with E-state index in [4.69, 9.17) is 0 Å². The summed E-state index contributed by atoms with van der Waals surface area (Å²) in [5.74, 6) is 2.34. The number of benzene rings is 2. The summed E-state index contributed by atoms with van der Waals surface area (Å²) in [4.78, 5) is 0. The maximum Gasteiger partial charge on any atom is 0.115 e. The molecule has 0 spiro atoms. The van der Waals surface area contributed by atoms with E-state index in [-0.39, 0.29) is 5.41 Å². The topological polar surface area (TPSA) is 40.5 Å². The van der Waals surface area contributed by atoms with Gasteiger partial charge in [0.25, 0.3) is 0 Å². The van der Waals surface area contributed by atoms with Crippen LogP contribution in [-0.4, -0.2) is 10.2 Å². The fourth-order valence-corrected chi connectivity index (χ4v) is 4.70. The molecule has 1 aliphatic carbocycles. The van der Waals surface area contributed by atoms with E-state index < -0.39 is 0 Å². The van der Waals surface area contributed by atoms with Crippen LogP contribution >= 0.6 is 0 Å². The molecule has 0 saturated heterocycles. The van der Waals surface area contributed by atoms with Crippen LogP contribution in [0.2, 0.25) is 0 Å². The smallest absolute Gasteiger partial charge is 0.115 e. The summed E-state index contributed by atoms with van der Waals surface area (Å²) in [7, 11) is 0. The minimum Gasteiger partial charge on any atom is -0.508 e. The minimum absolute atomic E-state index is 0.0683. The van der Waals surface area contributed by atoms with E-state index in [1.165, 1.54) is 16.7 Å². The summed E-state index contributed by atoms with van der Waals surface area (Å²) in [6.45, 7) is 9.40. The molecular weight excluding hydrogens is 332 g/mol. The van der Waals surface area contributed by atoms with Gasteiger partial charge in [0.15, 0.2) is 0 Å². The van der Waals surface area contributed by atoms with Crippen LogP contribution in [-0.2, 0) is 5.41 Å². The van der Waals surface area contributed by atoms with E-state index >= 15 is 0 Å². The Hall–Kier alpha value is -2.22. The molecule has 3 unspecified atom stereocenters. The van der Waals surface area contributed by atoms with Gasteiger partial charge in [0.1, 0.15) is 11.5 Å². The second kappa shape index (κ2) is 7.80. The van der Waals surface area contributed by atoms with Gasteiger partial charge in [-0.1, -0.05) is 58.0 Å². The van der Waals surface area contributed by atoms with Crippen molar-refractivity contribution in [2.24, 2.45) is 17.8 Å². The summed E-state index contributed by atoms with van der Waals surface area (Å²) in [6.07, 6.45) is 5.67. The van der Waals surface area contributed by atoms with Crippen LogP contribution < -0.4 is 0 Å². The second-order valence-electron chi connectivity index (χ2n) is 8.61. The number of aromatic hydroxyl groups is 2. The molecule has 1 aliphatic rings. The van der Waals surface area contributed by atoms with E-state index in [1.807, 2.05) is 24.3 Å². The van der Waals surface area contributed by atoms with Crippen molar-refractivity contribution in [2.45, 2.75) is 52.4 Å². The third-order valence-electron chi connectivity index (χ3n) is 6.93. The fraction of sp³-hybridized carbons (Fsp3) is 0.440. The number of phenolic OH excluding ortho intramolecular Hbond substituents is 2. The normalized spacial score (nSPS) is 20.8. The Kier molecular flexibility index (Phi) is 5.64. The summed E-state index contributed by atoms with van der Waals surface area (Å²) in [5.41, 5.74) is 4.00. The molecule has 0 aromatic heterocycles. The van der Waals surface area contributed by atoms with E-state index in [2.05, 4.69) is 45.9 Å². The first kappa shape index (κ1) is 19.5. The SMILES string of the molecule is CC(C)C(C)C(C)(c1ccc(O)cc1)C1CC=C(c2ccc(O)cc2)CC1. The van der Waals surface area contributed by atoms with Crippen molar-refractivity contribution < 1.29 is 10.2 Å². The van der Waals surface area contributed by atoms with Crippen molar-refractivity contribution in [3.8, 4) is 11.5 Å². The fourth-order valence-electron chi connectivity index (χ4n) is 4.70. The molecule has 2 aromatic rings. The molecule has 0 aliphatic heterocycles. The van der Waals surface area contributed by atoms with Crippen molar-refractivity contribution in [1.29, 1.82) is 0 Å². The average molecular weight is 365 g/mol. The van der Waals surface area contributed by atoms with Gasteiger partial charge < -0.3 is 10.2 Å². The number of hydrogen-bond acceptors (Lipinski definition) is 2. The Morgan fingerprint density at radius 3 is 1.93 bits per heavy atom. The highest BCUT2D eigenvalue weighted by atomic mass is 16.3. The zero-order valence-corrected chi connectivity index (χ0v) is 16.9. The summed E-state index contributed by atoms with van der Waals surface area (Å²) in [5, 5.41) is 19.3. The first-order valence-corrected chi connectivity index (χ1v) is 10.1. The quantitative estimate of drug-likeness (QED) is 0.633. The van der Waals surface area contributed by atoms with Crippen LogP contribution in [0, 0.1) is 17.8 Å². The molecule has 3 rings (SSSR count). The average Bonchev–Trinajstić information content (AvgIpc) is 2.68. The van der Waals surface area contributed by atoms with Crippen molar-refractivity contribution in [2.75, 3.05) is 0 Å². The van der Waals surface area contributed by atoms with Gasteiger partial charge >= 0.3 is 0 Å². The predicted octanol–water partition coefficient (Wildman–Crippen LogP) is 6.53. The van der Waals surface area contributed by atoms with Crippen LogP contribution in [0.5, 0.6) is 11.5 Å². The summed E-state index contributed by atoms with van der Waals surface area (Å²) in [6, 6.07) is 15.4. The number of phenols is 2. The lowest BCUT2D eigenvalue weighted by Gasteiger charge is -2.46. The Labute approximate surface area is 163 Å². The van der Waals surface area contributed by atoms with Gasteiger partial charge in [-0.3, -0.25) is 0 Å². The zero-order valence-electron chi connectivity index (χ0n) is 16.9. The largest absolute Gasteiger partial charge is 0.508 e. The third-order valence-corrected chi connectivity index (χ3v) is 6.93. The van der Waals surface area contributed by atoms with Gasteiger partial charge in [0.05, 0.1) is 0 Å². The van der Waals surface area contributed by atoms with E-state index in [0.29, 0.717) is 29.3 Å². The molecule has 0 fully saturated rings. The van der Waals surface area contributed by atoms with Crippen LogP contribution in [0.4, 0.5) is 0 Å². The molecule has 2 aromatic carbocycles. The molecule has 0 amide bonds. The molecule has 2 nitrogen and oxygen atoms in total. The van der Waals surface area contributed by atoms with E-state index in [1.54, 1.807) is 12.1 Å². The molecule has 2 N–H and O–H groups in total. The lowest BCUT2D eigenvalue weighted by Crippen LogP contribution is -2.41. The van der Waals surface area contributed by atoms with Crippen LogP contribution in [0.3, 0.4) is 0 Å². The maximum atomic E-state index is 9.73. The van der Waals surface area contributed by atoms with Crippen LogP contribution in [0.25, 0.3) is 5.57 Å². The molecule has 2 heteroatoms. The maximum absolute atomic E-state index is 9.73. The zero-order chi connectivity index (χ0) is 19.6. The van der Waals surface area contributed by atoms with Gasteiger partial charge in [-0.05, 0) is 83.4 Å². The monoisotopic (exact) mass is 364 g/mol. The van der Waals surface area contributed by atoms with Crippen molar-refractivity contribution in [1.82, 2.24) is 0 Å². The Morgan fingerprint density at radius 1 is 0.889 bits per heavy atom. The molecule has 144 valence electrons. The molecule has 27 heavy (non-hydrogen) atoms. The van der Waals surface area contributed by atoms with Crippen molar-refractivity contribution in [3.05, 3.63) is 65.7 Å². The van der Waals surface area contributed by atoms with Gasteiger partial charge in [-0.25, -0.2) is 0 Å². The Balaban J connectivity index is 1.90.